The molecule has 0 aromatic carbocycles. The Morgan fingerprint density at radius 2 is 1.93 bits per heavy atom. The van der Waals surface area contributed by atoms with Crippen molar-refractivity contribution < 1.29 is 9.53 Å². The van der Waals surface area contributed by atoms with Crippen LogP contribution in [0.2, 0.25) is 0 Å². The van der Waals surface area contributed by atoms with Gasteiger partial charge in [-0.2, -0.15) is 0 Å². The van der Waals surface area contributed by atoms with E-state index in [9.17, 15) is 4.79 Å². The lowest BCUT2D eigenvalue weighted by Gasteiger charge is -2.36. The number of hydrogen-bond acceptors (Lipinski definition) is 4. The highest BCUT2D eigenvalue weighted by atomic mass is 127. The zero-order valence-electron chi connectivity index (χ0n) is 16.9. The highest BCUT2D eigenvalue weighted by molar-refractivity contribution is 14.0. The first-order valence-electron chi connectivity index (χ1n) is 10.1. The Kier molecular flexibility index (Phi) is 9.27. The number of carbonyl (C=O) groups is 1. The Bertz CT molecular complexity index is 656. The molecule has 3 rings (SSSR count). The van der Waals surface area contributed by atoms with Gasteiger partial charge in [0.05, 0.1) is 6.54 Å². The lowest BCUT2D eigenvalue weighted by Crippen LogP contribution is -2.53. The van der Waals surface area contributed by atoms with Crippen LogP contribution in [0.4, 0.5) is 0 Å². The fourth-order valence-corrected chi connectivity index (χ4v) is 3.63. The van der Waals surface area contributed by atoms with Gasteiger partial charge in [0.2, 0.25) is 11.8 Å². The second-order valence-electron chi connectivity index (χ2n) is 7.16. The molecule has 2 fully saturated rings. The van der Waals surface area contributed by atoms with E-state index in [-0.39, 0.29) is 36.0 Å². The van der Waals surface area contributed by atoms with Crippen molar-refractivity contribution >= 4 is 35.8 Å². The van der Waals surface area contributed by atoms with Gasteiger partial charge in [-0.3, -0.25) is 4.79 Å². The summed E-state index contributed by atoms with van der Waals surface area (Å²) in [5.41, 5.74) is 1.02. The standard InChI is InChI=1S/C20H31N5O2.HI/c1-3-21-20(25-13-11-24(12-14-25)16(2)26)23-15-17-7-6-10-22-19(17)27-18-8-4-5-9-18;/h6-7,10,18H,3-5,8-9,11-15H2,1-2H3,(H,21,23);1H. The average molecular weight is 501 g/mol. The van der Waals surface area contributed by atoms with Gasteiger partial charge in [0.1, 0.15) is 6.10 Å². The average Bonchev–Trinajstić information content (AvgIpc) is 3.19. The summed E-state index contributed by atoms with van der Waals surface area (Å²) in [5.74, 6) is 1.74. The van der Waals surface area contributed by atoms with Gasteiger partial charge in [0.15, 0.2) is 5.96 Å². The normalized spacial score (nSPS) is 18.0. The van der Waals surface area contributed by atoms with Crippen molar-refractivity contribution in [3.8, 4) is 5.88 Å². The number of nitrogens with zero attached hydrogens (tertiary/aromatic N) is 4. The van der Waals surface area contributed by atoms with E-state index in [1.165, 1.54) is 12.8 Å². The lowest BCUT2D eigenvalue weighted by atomic mass is 10.2. The first-order valence-corrected chi connectivity index (χ1v) is 10.1. The van der Waals surface area contributed by atoms with E-state index < -0.39 is 0 Å². The van der Waals surface area contributed by atoms with Gasteiger partial charge in [-0.05, 0) is 38.7 Å². The summed E-state index contributed by atoms with van der Waals surface area (Å²) >= 11 is 0. The molecule has 0 bridgehead atoms. The van der Waals surface area contributed by atoms with Crippen LogP contribution in [0.15, 0.2) is 23.3 Å². The van der Waals surface area contributed by atoms with Crippen LogP contribution >= 0.6 is 24.0 Å². The Balaban J connectivity index is 0.00000280. The van der Waals surface area contributed by atoms with Crippen molar-refractivity contribution in [2.24, 2.45) is 4.99 Å². The van der Waals surface area contributed by atoms with Crippen LogP contribution < -0.4 is 10.1 Å². The number of rotatable bonds is 5. The number of ether oxygens (including phenoxy) is 1. The molecule has 1 amide bonds. The van der Waals surface area contributed by atoms with E-state index in [4.69, 9.17) is 9.73 Å². The van der Waals surface area contributed by atoms with E-state index in [1.807, 2.05) is 17.0 Å². The van der Waals surface area contributed by atoms with Crippen molar-refractivity contribution in [1.29, 1.82) is 0 Å². The highest BCUT2D eigenvalue weighted by Gasteiger charge is 2.21. The number of amides is 1. The first-order chi connectivity index (χ1) is 13.2. The van der Waals surface area contributed by atoms with Crippen LogP contribution in [-0.4, -0.2) is 65.5 Å². The van der Waals surface area contributed by atoms with Crippen molar-refractivity contribution in [3.05, 3.63) is 23.9 Å². The molecule has 0 unspecified atom stereocenters. The van der Waals surface area contributed by atoms with Crippen molar-refractivity contribution in [1.82, 2.24) is 20.1 Å². The fourth-order valence-electron chi connectivity index (χ4n) is 3.63. The fraction of sp³-hybridized carbons (Fsp3) is 0.650. The minimum absolute atomic E-state index is 0. The zero-order chi connectivity index (χ0) is 19.1. The number of pyridine rings is 1. The van der Waals surface area contributed by atoms with Crippen LogP contribution in [0.3, 0.4) is 0 Å². The SMILES string of the molecule is CCNC(=NCc1cccnc1OC1CCCC1)N1CCN(C(C)=O)CC1.I. The van der Waals surface area contributed by atoms with Crippen LogP contribution in [0.1, 0.15) is 45.1 Å². The summed E-state index contributed by atoms with van der Waals surface area (Å²) in [5, 5.41) is 3.37. The van der Waals surface area contributed by atoms with E-state index in [1.54, 1.807) is 13.1 Å². The molecule has 1 saturated carbocycles. The predicted molar refractivity (Wildman–Crippen MR) is 121 cm³/mol. The molecule has 0 radical (unpaired) electrons. The number of aromatic nitrogens is 1. The molecule has 1 aromatic heterocycles. The summed E-state index contributed by atoms with van der Waals surface area (Å²) in [7, 11) is 0. The molecule has 1 aliphatic carbocycles. The summed E-state index contributed by atoms with van der Waals surface area (Å²) < 4.78 is 6.13. The highest BCUT2D eigenvalue weighted by Crippen LogP contribution is 2.25. The van der Waals surface area contributed by atoms with Gasteiger partial charge in [0, 0.05) is 51.4 Å². The van der Waals surface area contributed by atoms with Crippen LogP contribution in [0.5, 0.6) is 5.88 Å². The van der Waals surface area contributed by atoms with Gasteiger partial charge in [-0.25, -0.2) is 9.98 Å². The third-order valence-electron chi connectivity index (χ3n) is 5.19. The molecule has 0 spiro atoms. The number of guanidine groups is 1. The van der Waals surface area contributed by atoms with E-state index >= 15 is 0 Å². The minimum atomic E-state index is 0. The molecule has 1 saturated heterocycles. The molecule has 7 nitrogen and oxygen atoms in total. The second-order valence-corrected chi connectivity index (χ2v) is 7.16. The molecule has 1 N–H and O–H groups in total. The molecule has 1 aromatic rings. The maximum absolute atomic E-state index is 11.5. The number of nitrogens with one attached hydrogen (secondary N) is 1. The zero-order valence-corrected chi connectivity index (χ0v) is 19.2. The Morgan fingerprint density at radius 1 is 1.25 bits per heavy atom. The third kappa shape index (κ3) is 6.22. The number of aliphatic imine (C=N–C) groups is 1. The minimum Gasteiger partial charge on any atom is -0.474 e. The van der Waals surface area contributed by atoms with Crippen LogP contribution in [0, 0.1) is 0 Å². The molecular weight excluding hydrogens is 469 g/mol. The molecule has 156 valence electrons. The summed E-state index contributed by atoms with van der Waals surface area (Å²) in [6.07, 6.45) is 6.77. The molecule has 8 heteroatoms. The third-order valence-corrected chi connectivity index (χ3v) is 5.19. The van der Waals surface area contributed by atoms with Gasteiger partial charge in [-0.1, -0.05) is 6.07 Å². The Labute approximate surface area is 184 Å². The Hall–Kier alpha value is -1.58. The van der Waals surface area contributed by atoms with Gasteiger partial charge in [-0.15, -0.1) is 24.0 Å². The quantitative estimate of drug-likeness (QED) is 0.382. The monoisotopic (exact) mass is 501 g/mol. The predicted octanol–water partition coefficient (Wildman–Crippen LogP) is 2.65. The summed E-state index contributed by atoms with van der Waals surface area (Å²) in [6, 6.07) is 3.98. The van der Waals surface area contributed by atoms with Crippen LogP contribution in [-0.2, 0) is 11.3 Å². The topological polar surface area (TPSA) is 70.1 Å². The van der Waals surface area contributed by atoms with Crippen molar-refractivity contribution in [2.75, 3.05) is 32.7 Å². The van der Waals surface area contributed by atoms with Crippen LogP contribution in [0.25, 0.3) is 0 Å². The van der Waals surface area contributed by atoms with Crippen molar-refractivity contribution in [2.45, 2.75) is 52.2 Å². The van der Waals surface area contributed by atoms with E-state index in [0.29, 0.717) is 12.4 Å². The molecule has 2 heterocycles. The Morgan fingerprint density at radius 3 is 2.57 bits per heavy atom. The number of hydrogen-bond donors (Lipinski definition) is 1. The van der Waals surface area contributed by atoms with Gasteiger partial charge < -0.3 is 19.9 Å². The summed E-state index contributed by atoms with van der Waals surface area (Å²) in [4.78, 5) is 24.9. The van der Waals surface area contributed by atoms with Gasteiger partial charge in [0.25, 0.3) is 0 Å². The van der Waals surface area contributed by atoms with Crippen molar-refractivity contribution in [3.63, 3.8) is 0 Å². The van der Waals surface area contributed by atoms with Gasteiger partial charge >= 0.3 is 0 Å². The largest absolute Gasteiger partial charge is 0.474 e. The maximum atomic E-state index is 11.5. The number of halogens is 1. The maximum Gasteiger partial charge on any atom is 0.219 e. The molecular formula is C20H32IN5O2. The molecule has 2 aliphatic rings. The molecule has 1 aliphatic heterocycles. The number of piperazine rings is 1. The molecule has 28 heavy (non-hydrogen) atoms. The second kappa shape index (κ2) is 11.4. The first kappa shape index (κ1) is 22.7. The smallest absolute Gasteiger partial charge is 0.219 e. The number of carbonyl (C=O) groups excluding carboxylic acids is 1. The van der Waals surface area contributed by atoms with E-state index in [0.717, 1.165) is 57.1 Å². The van der Waals surface area contributed by atoms with E-state index in [2.05, 4.69) is 22.1 Å². The molecule has 0 atom stereocenters. The lowest BCUT2D eigenvalue weighted by molar-refractivity contribution is -0.130. The summed E-state index contributed by atoms with van der Waals surface area (Å²) in [6.45, 7) is 8.11.